The molecule has 1 aliphatic rings. The summed E-state index contributed by atoms with van der Waals surface area (Å²) in [5, 5.41) is 3.31. The average Bonchev–Trinajstić information content (AvgIpc) is 2.93. The van der Waals surface area contributed by atoms with Crippen LogP contribution >= 0.6 is 0 Å². The smallest absolute Gasteiger partial charge is 0.341 e. The van der Waals surface area contributed by atoms with Crippen LogP contribution in [-0.4, -0.2) is 18.6 Å². The highest BCUT2D eigenvalue weighted by Crippen LogP contribution is 2.19. The Morgan fingerprint density at radius 1 is 1.67 bits per heavy atom. The maximum Gasteiger partial charge on any atom is 0.341 e. The van der Waals surface area contributed by atoms with Gasteiger partial charge >= 0.3 is 5.97 Å². The molecule has 4 heteroatoms. The third-order valence-electron chi connectivity index (χ3n) is 2.31. The third-order valence-corrected chi connectivity index (χ3v) is 2.31. The highest BCUT2D eigenvalue weighted by Gasteiger charge is 2.21. The molecule has 0 bridgehead atoms. The molecule has 1 aromatic heterocycles. The number of carbonyl (C=O) groups is 1. The zero-order chi connectivity index (χ0) is 10.7. The summed E-state index contributed by atoms with van der Waals surface area (Å²) < 4.78 is 10.1. The first-order valence-corrected chi connectivity index (χ1v) is 5.27. The number of hydrogen-bond donors (Lipinski definition) is 1. The molecule has 0 amide bonds. The van der Waals surface area contributed by atoms with E-state index in [1.165, 1.54) is 19.1 Å². The second-order valence-electron chi connectivity index (χ2n) is 3.68. The van der Waals surface area contributed by atoms with Crippen LogP contribution in [0.25, 0.3) is 0 Å². The molecule has 1 N–H and O–H groups in total. The van der Waals surface area contributed by atoms with Crippen molar-refractivity contribution >= 4 is 5.97 Å². The molecule has 15 heavy (non-hydrogen) atoms. The maximum absolute atomic E-state index is 11.3. The van der Waals surface area contributed by atoms with E-state index in [1.807, 2.05) is 0 Å². The van der Waals surface area contributed by atoms with Crippen molar-refractivity contribution in [2.45, 2.75) is 32.4 Å². The van der Waals surface area contributed by atoms with Crippen molar-refractivity contribution < 1.29 is 13.9 Å². The van der Waals surface area contributed by atoms with E-state index in [0.717, 1.165) is 5.76 Å². The Hall–Kier alpha value is -1.29. The van der Waals surface area contributed by atoms with Crippen molar-refractivity contribution in [2.24, 2.45) is 0 Å². The molecule has 2 rings (SSSR count). The van der Waals surface area contributed by atoms with Crippen LogP contribution in [0.4, 0.5) is 0 Å². The van der Waals surface area contributed by atoms with Gasteiger partial charge in [-0.1, -0.05) is 0 Å². The second-order valence-corrected chi connectivity index (χ2v) is 3.68. The summed E-state index contributed by atoms with van der Waals surface area (Å²) >= 11 is 0. The van der Waals surface area contributed by atoms with Gasteiger partial charge in [-0.15, -0.1) is 0 Å². The van der Waals surface area contributed by atoms with Gasteiger partial charge in [0.25, 0.3) is 0 Å². The predicted molar refractivity (Wildman–Crippen MR) is 54.5 cm³/mol. The molecule has 0 spiro atoms. The van der Waals surface area contributed by atoms with E-state index < -0.39 is 0 Å². The molecule has 1 saturated carbocycles. The van der Waals surface area contributed by atoms with E-state index in [9.17, 15) is 4.79 Å². The predicted octanol–water partition coefficient (Wildman–Crippen LogP) is 1.71. The number of esters is 1. The lowest BCUT2D eigenvalue weighted by Gasteiger charge is -1.97. The number of ether oxygens (including phenoxy) is 1. The van der Waals surface area contributed by atoms with Gasteiger partial charge in [0.15, 0.2) is 0 Å². The largest absolute Gasteiger partial charge is 0.467 e. The molecule has 4 nitrogen and oxygen atoms in total. The molecule has 82 valence electrons. The first kappa shape index (κ1) is 10.2. The molecule has 0 unspecified atom stereocenters. The summed E-state index contributed by atoms with van der Waals surface area (Å²) in [5.41, 5.74) is 0.490. The standard InChI is InChI=1S/C11H15NO3/c1-2-14-11(13)8-5-10(15-7-8)6-12-9-3-4-9/h5,7,9,12H,2-4,6H2,1H3. The number of hydrogen-bond acceptors (Lipinski definition) is 4. The van der Waals surface area contributed by atoms with Crippen LogP contribution in [0.5, 0.6) is 0 Å². The number of furan rings is 1. The Kier molecular flexibility index (Phi) is 3.06. The van der Waals surface area contributed by atoms with Crippen molar-refractivity contribution in [1.29, 1.82) is 0 Å². The normalized spacial score (nSPS) is 15.3. The van der Waals surface area contributed by atoms with E-state index in [2.05, 4.69) is 5.32 Å². The molecule has 1 aliphatic carbocycles. The summed E-state index contributed by atoms with van der Waals surface area (Å²) in [6.07, 6.45) is 3.93. The molecule has 0 aliphatic heterocycles. The van der Waals surface area contributed by atoms with Crippen molar-refractivity contribution in [3.8, 4) is 0 Å². The van der Waals surface area contributed by atoms with E-state index >= 15 is 0 Å². The Morgan fingerprint density at radius 2 is 2.47 bits per heavy atom. The Labute approximate surface area is 88.6 Å². The van der Waals surface area contributed by atoms with Gasteiger partial charge in [0.1, 0.15) is 12.0 Å². The fraction of sp³-hybridized carbons (Fsp3) is 0.545. The van der Waals surface area contributed by atoms with Crippen LogP contribution in [0.1, 0.15) is 35.9 Å². The van der Waals surface area contributed by atoms with Gasteiger partial charge in [0.2, 0.25) is 0 Å². The van der Waals surface area contributed by atoms with Crippen molar-refractivity contribution in [2.75, 3.05) is 6.61 Å². The fourth-order valence-electron chi connectivity index (χ4n) is 1.33. The third kappa shape index (κ3) is 2.83. The lowest BCUT2D eigenvalue weighted by Crippen LogP contribution is -2.14. The molecule has 0 saturated heterocycles. The van der Waals surface area contributed by atoms with Crippen molar-refractivity contribution in [3.05, 3.63) is 23.7 Å². The summed E-state index contributed by atoms with van der Waals surface area (Å²) in [5.74, 6) is 0.462. The lowest BCUT2D eigenvalue weighted by molar-refractivity contribution is 0.0525. The number of carbonyl (C=O) groups excluding carboxylic acids is 1. The molecule has 0 atom stereocenters. The number of rotatable bonds is 5. The molecular weight excluding hydrogens is 194 g/mol. The first-order valence-electron chi connectivity index (χ1n) is 5.27. The minimum atomic E-state index is -0.320. The van der Waals surface area contributed by atoms with E-state index in [-0.39, 0.29) is 5.97 Å². The van der Waals surface area contributed by atoms with Gasteiger partial charge in [-0.2, -0.15) is 0 Å². The van der Waals surface area contributed by atoms with E-state index in [0.29, 0.717) is 24.8 Å². The quantitative estimate of drug-likeness (QED) is 0.750. The average molecular weight is 209 g/mol. The molecular formula is C11H15NO3. The Bertz CT molecular complexity index is 341. The topological polar surface area (TPSA) is 51.5 Å². The van der Waals surface area contributed by atoms with Crippen LogP contribution in [0.15, 0.2) is 16.7 Å². The van der Waals surface area contributed by atoms with Gasteiger partial charge in [-0.25, -0.2) is 4.79 Å². The Morgan fingerprint density at radius 3 is 3.13 bits per heavy atom. The molecule has 1 aromatic rings. The van der Waals surface area contributed by atoms with Crippen LogP contribution in [-0.2, 0) is 11.3 Å². The van der Waals surface area contributed by atoms with Crippen molar-refractivity contribution in [1.82, 2.24) is 5.32 Å². The van der Waals surface area contributed by atoms with Crippen LogP contribution in [0, 0.1) is 0 Å². The summed E-state index contributed by atoms with van der Waals surface area (Å²) in [7, 11) is 0. The molecule has 0 aromatic carbocycles. The van der Waals surface area contributed by atoms with E-state index in [4.69, 9.17) is 9.15 Å². The highest BCUT2D eigenvalue weighted by molar-refractivity contribution is 5.89. The lowest BCUT2D eigenvalue weighted by atomic mass is 10.3. The van der Waals surface area contributed by atoms with Crippen LogP contribution in [0.3, 0.4) is 0 Å². The Balaban J connectivity index is 1.87. The minimum absolute atomic E-state index is 0.320. The summed E-state index contributed by atoms with van der Waals surface area (Å²) in [6, 6.07) is 2.37. The first-order chi connectivity index (χ1) is 7.29. The zero-order valence-corrected chi connectivity index (χ0v) is 8.79. The highest BCUT2D eigenvalue weighted by atomic mass is 16.5. The van der Waals surface area contributed by atoms with Gasteiger partial charge in [0, 0.05) is 6.04 Å². The van der Waals surface area contributed by atoms with Gasteiger partial charge in [-0.05, 0) is 25.8 Å². The molecule has 0 radical (unpaired) electrons. The minimum Gasteiger partial charge on any atom is -0.467 e. The molecule has 1 heterocycles. The number of nitrogens with one attached hydrogen (secondary N) is 1. The van der Waals surface area contributed by atoms with Gasteiger partial charge in [-0.3, -0.25) is 0 Å². The van der Waals surface area contributed by atoms with Crippen molar-refractivity contribution in [3.63, 3.8) is 0 Å². The summed E-state index contributed by atoms with van der Waals surface area (Å²) in [4.78, 5) is 11.3. The van der Waals surface area contributed by atoms with E-state index in [1.54, 1.807) is 13.0 Å². The second kappa shape index (κ2) is 4.49. The zero-order valence-electron chi connectivity index (χ0n) is 8.79. The van der Waals surface area contributed by atoms with Gasteiger partial charge in [0.05, 0.1) is 18.7 Å². The van der Waals surface area contributed by atoms with Gasteiger partial charge < -0.3 is 14.5 Å². The SMILES string of the molecule is CCOC(=O)c1coc(CNC2CC2)c1. The van der Waals surface area contributed by atoms with Crippen LogP contribution < -0.4 is 5.32 Å². The van der Waals surface area contributed by atoms with Crippen LogP contribution in [0.2, 0.25) is 0 Å². The summed E-state index contributed by atoms with van der Waals surface area (Å²) in [6.45, 7) is 2.86. The fourth-order valence-corrected chi connectivity index (χ4v) is 1.33. The monoisotopic (exact) mass is 209 g/mol. The molecule has 1 fully saturated rings. The maximum atomic E-state index is 11.3.